The highest BCUT2D eigenvalue weighted by molar-refractivity contribution is 5.90. The number of pyridine rings is 1. The Hall–Kier alpha value is -1.57. The van der Waals surface area contributed by atoms with E-state index >= 15 is 0 Å². The predicted octanol–water partition coefficient (Wildman–Crippen LogP) is 4.92. The molecule has 0 spiro atoms. The number of aromatic nitrogens is 1. The van der Waals surface area contributed by atoms with Crippen LogP contribution in [0.5, 0.6) is 0 Å². The lowest BCUT2D eigenvalue weighted by Gasteiger charge is -2.29. The van der Waals surface area contributed by atoms with Crippen LogP contribution in [-0.4, -0.2) is 11.0 Å². The molecule has 1 saturated carbocycles. The minimum Gasteiger partial charge on any atom is -0.381 e. The first-order valence-electron chi connectivity index (χ1n) is 7.87. The molecule has 1 atom stereocenters. The number of aryl methyl sites for hydroxylation is 1. The Labute approximate surface area is 121 Å². The van der Waals surface area contributed by atoms with Gasteiger partial charge in [-0.05, 0) is 44.7 Å². The molecule has 1 unspecified atom stereocenters. The monoisotopic (exact) mass is 268 g/mol. The molecule has 1 heterocycles. The molecule has 1 fully saturated rings. The maximum absolute atomic E-state index is 4.71. The van der Waals surface area contributed by atoms with Gasteiger partial charge in [0.2, 0.25) is 0 Å². The molecule has 0 bridgehead atoms. The molecule has 1 aromatic heterocycles. The summed E-state index contributed by atoms with van der Waals surface area (Å²) < 4.78 is 0. The largest absolute Gasteiger partial charge is 0.381 e. The fourth-order valence-corrected chi connectivity index (χ4v) is 3.36. The van der Waals surface area contributed by atoms with E-state index < -0.39 is 0 Å². The third-order valence-electron chi connectivity index (χ3n) is 4.60. The van der Waals surface area contributed by atoms with Crippen molar-refractivity contribution >= 4 is 16.6 Å². The van der Waals surface area contributed by atoms with Crippen LogP contribution in [0.1, 0.15) is 44.7 Å². The van der Waals surface area contributed by atoms with Crippen molar-refractivity contribution in [3.8, 4) is 0 Å². The van der Waals surface area contributed by atoms with E-state index in [9.17, 15) is 0 Å². The summed E-state index contributed by atoms with van der Waals surface area (Å²) in [4.78, 5) is 4.71. The molecular formula is C18H24N2. The predicted molar refractivity (Wildman–Crippen MR) is 86.1 cm³/mol. The van der Waals surface area contributed by atoms with Gasteiger partial charge in [0.1, 0.15) is 0 Å². The number of anilines is 1. The van der Waals surface area contributed by atoms with Gasteiger partial charge in [0.05, 0.1) is 11.2 Å². The number of para-hydroxylation sites is 1. The Bertz CT molecular complexity index is 585. The van der Waals surface area contributed by atoms with Crippen LogP contribution in [-0.2, 0) is 0 Å². The maximum atomic E-state index is 4.71. The van der Waals surface area contributed by atoms with Gasteiger partial charge in [-0.25, -0.2) is 0 Å². The summed E-state index contributed by atoms with van der Waals surface area (Å²) in [6, 6.07) is 11.2. The molecule has 1 aliphatic carbocycles. The van der Waals surface area contributed by atoms with Crippen molar-refractivity contribution in [1.29, 1.82) is 0 Å². The Morgan fingerprint density at radius 1 is 1.10 bits per heavy atom. The number of hydrogen-bond acceptors (Lipinski definition) is 2. The third kappa shape index (κ3) is 2.79. The minimum atomic E-state index is 0.531. The zero-order chi connectivity index (χ0) is 13.9. The van der Waals surface area contributed by atoms with Crippen molar-refractivity contribution in [3.63, 3.8) is 0 Å². The van der Waals surface area contributed by atoms with Gasteiger partial charge in [0.25, 0.3) is 0 Å². The van der Waals surface area contributed by atoms with Crippen LogP contribution >= 0.6 is 0 Å². The standard InChI is InChI=1S/C18H24N2/c1-13-11-12-16-9-6-10-17(18(16)19-13)20-14(2)15-7-4-3-5-8-15/h6,9-12,14-15,20H,3-5,7-8H2,1-2H3. The van der Waals surface area contributed by atoms with Crippen LogP contribution in [0, 0.1) is 12.8 Å². The van der Waals surface area contributed by atoms with Crippen molar-refractivity contribution in [2.45, 2.75) is 52.0 Å². The van der Waals surface area contributed by atoms with Gasteiger partial charge >= 0.3 is 0 Å². The normalized spacial score (nSPS) is 18.1. The molecule has 0 radical (unpaired) electrons. The quantitative estimate of drug-likeness (QED) is 0.854. The molecule has 2 aromatic rings. The molecule has 0 amide bonds. The lowest BCUT2D eigenvalue weighted by Crippen LogP contribution is -2.27. The fourth-order valence-electron chi connectivity index (χ4n) is 3.36. The Morgan fingerprint density at radius 3 is 2.70 bits per heavy atom. The first-order chi connectivity index (χ1) is 9.74. The molecule has 106 valence electrons. The van der Waals surface area contributed by atoms with Gasteiger partial charge in [-0.1, -0.05) is 37.5 Å². The van der Waals surface area contributed by atoms with Gasteiger partial charge in [0, 0.05) is 17.1 Å². The summed E-state index contributed by atoms with van der Waals surface area (Å²) in [6.07, 6.45) is 6.93. The van der Waals surface area contributed by atoms with E-state index in [2.05, 4.69) is 49.5 Å². The SMILES string of the molecule is Cc1ccc2cccc(NC(C)C3CCCCC3)c2n1. The molecule has 0 aliphatic heterocycles. The smallest absolute Gasteiger partial charge is 0.0936 e. The van der Waals surface area contributed by atoms with Crippen LogP contribution < -0.4 is 5.32 Å². The molecular weight excluding hydrogens is 244 g/mol. The van der Waals surface area contributed by atoms with Gasteiger partial charge in [0.15, 0.2) is 0 Å². The average molecular weight is 268 g/mol. The highest BCUT2D eigenvalue weighted by Crippen LogP contribution is 2.29. The van der Waals surface area contributed by atoms with E-state index in [1.807, 2.05) is 0 Å². The van der Waals surface area contributed by atoms with E-state index in [0.717, 1.165) is 17.1 Å². The second-order valence-electron chi connectivity index (χ2n) is 6.16. The summed E-state index contributed by atoms with van der Waals surface area (Å²) in [5.41, 5.74) is 3.37. The molecule has 0 saturated heterocycles. The summed E-state index contributed by atoms with van der Waals surface area (Å²) in [5.74, 6) is 0.809. The maximum Gasteiger partial charge on any atom is 0.0936 e. The van der Waals surface area contributed by atoms with Crippen molar-refractivity contribution in [3.05, 3.63) is 36.0 Å². The van der Waals surface area contributed by atoms with E-state index in [0.29, 0.717) is 6.04 Å². The highest BCUT2D eigenvalue weighted by atomic mass is 14.9. The Morgan fingerprint density at radius 2 is 1.90 bits per heavy atom. The molecule has 1 N–H and O–H groups in total. The second-order valence-corrected chi connectivity index (χ2v) is 6.16. The lowest BCUT2D eigenvalue weighted by atomic mass is 9.84. The van der Waals surface area contributed by atoms with Crippen molar-refractivity contribution in [2.75, 3.05) is 5.32 Å². The van der Waals surface area contributed by atoms with Gasteiger partial charge < -0.3 is 5.32 Å². The van der Waals surface area contributed by atoms with Crippen LogP contribution in [0.15, 0.2) is 30.3 Å². The number of nitrogens with one attached hydrogen (secondary N) is 1. The Balaban J connectivity index is 1.84. The van der Waals surface area contributed by atoms with Crippen LogP contribution in [0.2, 0.25) is 0 Å². The number of rotatable bonds is 3. The molecule has 20 heavy (non-hydrogen) atoms. The van der Waals surface area contributed by atoms with E-state index in [1.54, 1.807) is 0 Å². The number of hydrogen-bond donors (Lipinski definition) is 1. The van der Waals surface area contributed by atoms with Gasteiger partial charge in [-0.3, -0.25) is 4.98 Å². The highest BCUT2D eigenvalue weighted by Gasteiger charge is 2.20. The molecule has 2 heteroatoms. The molecule has 3 rings (SSSR count). The first kappa shape index (κ1) is 13.4. The van der Waals surface area contributed by atoms with Crippen molar-refractivity contribution in [2.24, 2.45) is 5.92 Å². The average Bonchev–Trinajstić information content (AvgIpc) is 2.49. The number of nitrogens with zero attached hydrogens (tertiary/aromatic N) is 1. The van der Waals surface area contributed by atoms with Gasteiger partial charge in [-0.2, -0.15) is 0 Å². The zero-order valence-corrected chi connectivity index (χ0v) is 12.5. The van der Waals surface area contributed by atoms with Crippen LogP contribution in [0.4, 0.5) is 5.69 Å². The van der Waals surface area contributed by atoms with E-state index in [-0.39, 0.29) is 0 Å². The molecule has 2 nitrogen and oxygen atoms in total. The first-order valence-corrected chi connectivity index (χ1v) is 7.87. The summed E-state index contributed by atoms with van der Waals surface area (Å²) in [6.45, 7) is 4.38. The van der Waals surface area contributed by atoms with Crippen molar-refractivity contribution in [1.82, 2.24) is 4.98 Å². The minimum absolute atomic E-state index is 0.531. The summed E-state index contributed by atoms with van der Waals surface area (Å²) >= 11 is 0. The number of benzene rings is 1. The summed E-state index contributed by atoms with van der Waals surface area (Å²) in [7, 11) is 0. The van der Waals surface area contributed by atoms with E-state index in [4.69, 9.17) is 4.98 Å². The lowest BCUT2D eigenvalue weighted by molar-refractivity contribution is 0.328. The topological polar surface area (TPSA) is 24.9 Å². The summed E-state index contributed by atoms with van der Waals surface area (Å²) in [5, 5.41) is 4.94. The Kier molecular flexibility index (Phi) is 3.90. The van der Waals surface area contributed by atoms with Crippen LogP contribution in [0.3, 0.4) is 0 Å². The number of fused-ring (bicyclic) bond motifs is 1. The zero-order valence-electron chi connectivity index (χ0n) is 12.5. The van der Waals surface area contributed by atoms with Crippen molar-refractivity contribution < 1.29 is 0 Å². The fraction of sp³-hybridized carbons (Fsp3) is 0.500. The van der Waals surface area contributed by atoms with Gasteiger partial charge in [-0.15, -0.1) is 0 Å². The third-order valence-corrected chi connectivity index (χ3v) is 4.60. The van der Waals surface area contributed by atoms with Crippen LogP contribution in [0.25, 0.3) is 10.9 Å². The van der Waals surface area contributed by atoms with E-state index in [1.165, 1.54) is 43.2 Å². The molecule has 1 aromatic carbocycles. The molecule has 1 aliphatic rings. The second kappa shape index (κ2) is 5.82.